The number of phenolic OH excluding ortho intramolecular Hbond substituents is 1. The molecule has 0 spiro atoms. The first kappa shape index (κ1) is 44.3. The minimum atomic E-state index is -4.57. The Kier molecular flexibility index (Phi) is 19.4. The summed E-state index contributed by atoms with van der Waals surface area (Å²) in [6, 6.07) is 21.0. The summed E-state index contributed by atoms with van der Waals surface area (Å²) in [5.74, 6) is 0.657. The van der Waals surface area contributed by atoms with Crippen LogP contribution >= 0.6 is 0 Å². The van der Waals surface area contributed by atoms with E-state index in [0.717, 1.165) is 55.7 Å². The Hall–Kier alpha value is -2.84. The largest absolute Gasteiger partial charge is 2.00 e. The Morgan fingerprint density at radius 1 is 0.608 bits per heavy atom. The van der Waals surface area contributed by atoms with E-state index in [4.69, 9.17) is 14.0 Å². The second-order valence-electron chi connectivity index (χ2n) is 11.9. The Morgan fingerprint density at radius 2 is 1.06 bits per heavy atom. The molecule has 0 aliphatic heterocycles. The minimum Gasteiger partial charge on any atom is -0.870 e. The van der Waals surface area contributed by atoms with Crippen LogP contribution in [0.15, 0.2) is 94.7 Å². The van der Waals surface area contributed by atoms with Crippen molar-refractivity contribution in [3.63, 3.8) is 0 Å². The summed E-state index contributed by atoms with van der Waals surface area (Å²) in [7, 11) is -8.87. The zero-order valence-electron chi connectivity index (χ0n) is 29.3. The summed E-state index contributed by atoms with van der Waals surface area (Å²) in [6.45, 7) is 4.32. The summed E-state index contributed by atoms with van der Waals surface area (Å²) in [4.78, 5) is -0.629. The zero-order valence-corrected chi connectivity index (χ0v) is 33.1. The number of ether oxygens (including phenoxy) is 2. The van der Waals surface area contributed by atoms with Gasteiger partial charge >= 0.3 is 37.7 Å². The first-order valence-electron chi connectivity index (χ1n) is 16.9. The molecule has 2 N–H and O–H groups in total. The van der Waals surface area contributed by atoms with E-state index in [9.17, 15) is 31.6 Å². The molecule has 10 nitrogen and oxygen atoms in total. The van der Waals surface area contributed by atoms with Gasteiger partial charge in [0.05, 0.1) is 9.79 Å². The summed E-state index contributed by atoms with van der Waals surface area (Å²) in [5, 5.41) is 22.3. The van der Waals surface area contributed by atoms with E-state index in [2.05, 4.69) is 13.8 Å². The molecule has 4 aromatic rings. The quantitative estimate of drug-likeness (QED) is 0.0568. The van der Waals surface area contributed by atoms with Crippen molar-refractivity contribution >= 4 is 58.0 Å². The summed E-state index contributed by atoms with van der Waals surface area (Å²) in [6.07, 6.45) is 12.7. The topological polar surface area (TPSA) is 173 Å². The summed E-state index contributed by atoms with van der Waals surface area (Å²) < 4.78 is 76.4. The number of aromatic hydroxyl groups is 1. The molecule has 272 valence electrons. The molecule has 51 heavy (non-hydrogen) atoms. The van der Waals surface area contributed by atoms with Crippen LogP contribution in [0.1, 0.15) is 89.2 Å². The number of hydrogen-bond donors (Lipinski definition) is 2. The molecule has 0 saturated carbocycles. The van der Waals surface area contributed by atoms with Crippen molar-refractivity contribution in [2.45, 2.75) is 101 Å². The van der Waals surface area contributed by atoms with E-state index in [-0.39, 0.29) is 76.3 Å². The van der Waals surface area contributed by atoms with Gasteiger partial charge in [-0.3, -0.25) is 4.55 Å². The second kappa shape index (κ2) is 22.3. The number of rotatable bonds is 18. The third kappa shape index (κ3) is 15.3. The van der Waals surface area contributed by atoms with Gasteiger partial charge in [0.2, 0.25) is 0 Å². The molecule has 13 heteroatoms. The molecule has 0 aromatic heterocycles. The molecule has 0 unspecified atom stereocenters. The molecular formula is C38H46CaO10S2. The molecule has 0 aliphatic carbocycles. The van der Waals surface area contributed by atoms with Crippen molar-refractivity contribution in [1.82, 2.24) is 0 Å². The van der Waals surface area contributed by atoms with E-state index in [0.29, 0.717) is 12.2 Å². The standard InChI is InChI=1S/2C19H24O5S.Ca/c2*1-2-3-4-5-6-9-15-10-7-13-18(20)19(15)24-16-11-8-12-17(14-16)25(21,22)23;/h2*7-8,10-14,20H,2-6,9H2,1H3,(H,21,22,23);/q;;+2/p-2. The Bertz CT molecular complexity index is 1740. The van der Waals surface area contributed by atoms with Gasteiger partial charge in [-0.1, -0.05) is 113 Å². The van der Waals surface area contributed by atoms with Gasteiger partial charge in [0.25, 0.3) is 10.1 Å². The maximum absolute atomic E-state index is 12.2. The number of aryl methyl sites for hydroxylation is 2. The third-order valence-corrected chi connectivity index (χ3v) is 9.55. The molecular weight excluding hydrogens is 721 g/mol. The average molecular weight is 767 g/mol. The van der Waals surface area contributed by atoms with E-state index < -0.39 is 20.2 Å². The molecule has 0 heterocycles. The van der Waals surface area contributed by atoms with Crippen LogP contribution in [0.3, 0.4) is 0 Å². The number of unbranched alkanes of at least 4 members (excludes halogenated alkanes) is 8. The van der Waals surface area contributed by atoms with Gasteiger partial charge in [-0.25, -0.2) is 8.42 Å². The number of benzene rings is 4. The van der Waals surface area contributed by atoms with Gasteiger partial charge < -0.3 is 24.2 Å². The number of phenols is 1. The van der Waals surface area contributed by atoms with Crippen molar-refractivity contribution in [3.8, 4) is 34.5 Å². The fourth-order valence-electron chi connectivity index (χ4n) is 5.23. The third-order valence-electron chi connectivity index (χ3n) is 7.87. The van der Waals surface area contributed by atoms with Crippen molar-refractivity contribution in [2.75, 3.05) is 0 Å². The van der Waals surface area contributed by atoms with E-state index in [1.807, 2.05) is 12.1 Å². The van der Waals surface area contributed by atoms with E-state index >= 15 is 0 Å². The van der Waals surface area contributed by atoms with Crippen LogP contribution in [-0.2, 0) is 33.1 Å². The Morgan fingerprint density at radius 3 is 1.59 bits per heavy atom. The minimum absolute atomic E-state index is 0. The van der Waals surface area contributed by atoms with Crippen LogP contribution in [0.5, 0.6) is 34.5 Å². The Balaban J connectivity index is 0.000000347. The maximum Gasteiger partial charge on any atom is 2.00 e. The van der Waals surface area contributed by atoms with Gasteiger partial charge in [-0.05, 0) is 73.2 Å². The van der Waals surface area contributed by atoms with Crippen molar-refractivity contribution in [1.29, 1.82) is 0 Å². The predicted molar refractivity (Wildman–Crippen MR) is 195 cm³/mol. The van der Waals surface area contributed by atoms with E-state index in [1.165, 1.54) is 80.6 Å². The second-order valence-corrected chi connectivity index (χ2v) is 14.7. The normalized spacial score (nSPS) is 11.2. The molecule has 4 rings (SSSR count). The van der Waals surface area contributed by atoms with Gasteiger partial charge in [-0.15, -0.1) is 0 Å². The van der Waals surface area contributed by atoms with Crippen molar-refractivity contribution in [2.24, 2.45) is 0 Å². The van der Waals surface area contributed by atoms with Gasteiger partial charge in [0.1, 0.15) is 27.4 Å². The fraction of sp³-hybridized carbons (Fsp3) is 0.368. The molecule has 4 aromatic carbocycles. The van der Waals surface area contributed by atoms with E-state index in [1.54, 1.807) is 18.2 Å². The van der Waals surface area contributed by atoms with Crippen LogP contribution in [0.25, 0.3) is 0 Å². The van der Waals surface area contributed by atoms with Gasteiger partial charge in [-0.2, -0.15) is 8.42 Å². The van der Waals surface area contributed by atoms with Gasteiger partial charge in [0.15, 0.2) is 11.5 Å². The first-order chi connectivity index (χ1) is 23.8. The molecule has 0 aliphatic rings. The molecule has 0 radical (unpaired) electrons. The van der Waals surface area contributed by atoms with Crippen LogP contribution in [0.4, 0.5) is 0 Å². The zero-order chi connectivity index (χ0) is 36.6. The monoisotopic (exact) mass is 766 g/mol. The smallest absolute Gasteiger partial charge is 0.870 e. The van der Waals surface area contributed by atoms with Crippen LogP contribution < -0.4 is 14.6 Å². The Labute approximate surface area is 332 Å². The molecule has 0 atom stereocenters. The number of hydrogen-bond acceptors (Lipinski definition) is 9. The maximum atomic E-state index is 12.2. The molecule has 0 saturated heterocycles. The molecule has 0 amide bonds. The molecule has 0 fully saturated rings. The van der Waals surface area contributed by atoms with Crippen molar-refractivity contribution < 1.29 is 45.6 Å². The predicted octanol–water partition coefficient (Wildman–Crippen LogP) is 8.53. The summed E-state index contributed by atoms with van der Waals surface area (Å²) >= 11 is 0. The number of para-hydroxylation sites is 2. The average Bonchev–Trinajstić information content (AvgIpc) is 3.07. The fourth-order valence-corrected chi connectivity index (χ4v) is 6.25. The first-order valence-corrected chi connectivity index (χ1v) is 19.8. The summed E-state index contributed by atoms with van der Waals surface area (Å²) in [5.41, 5.74) is 1.66. The van der Waals surface area contributed by atoms with Crippen LogP contribution in [0, 0.1) is 0 Å². The van der Waals surface area contributed by atoms with Gasteiger partial charge in [0, 0.05) is 6.07 Å². The van der Waals surface area contributed by atoms with Crippen molar-refractivity contribution in [3.05, 3.63) is 96.1 Å². The SMILES string of the molecule is CCCCCCCc1cccc(O)c1Oc1cccc(S(=O)(=O)O)c1.CCCCCCCc1cccc([O-])c1Oc1cccc(S(=O)(=O)[O-])c1.[Ca+2]. The molecule has 0 bridgehead atoms. The van der Waals surface area contributed by atoms with Crippen LogP contribution in [0.2, 0.25) is 0 Å². The van der Waals surface area contributed by atoms with Crippen LogP contribution in [-0.4, -0.2) is 68.8 Å².